The highest BCUT2D eigenvalue weighted by molar-refractivity contribution is 6.13. The van der Waals surface area contributed by atoms with E-state index in [9.17, 15) is 4.79 Å². The first-order valence-electron chi connectivity index (χ1n) is 2.41. The summed E-state index contributed by atoms with van der Waals surface area (Å²) in [5.41, 5.74) is -0.303. The first-order valence-corrected chi connectivity index (χ1v) is 2.41. The van der Waals surface area contributed by atoms with Crippen LogP contribution in [0.2, 0.25) is 0 Å². The fourth-order valence-corrected chi connectivity index (χ4v) is 0.310. The SMILES string of the molecule is O=c1nccc[nH]1.O[B]O.[B]. The Morgan fingerprint density at radius 1 is 1.55 bits per heavy atom. The first kappa shape index (κ1) is 12.6. The Kier molecular flexibility index (Phi) is 10.2. The van der Waals surface area contributed by atoms with Gasteiger partial charge in [-0.2, -0.15) is 0 Å². The molecule has 1 aromatic heterocycles. The van der Waals surface area contributed by atoms with Gasteiger partial charge in [-0.05, 0) is 6.07 Å². The molecule has 1 aromatic rings. The van der Waals surface area contributed by atoms with E-state index < -0.39 is 0 Å². The molecule has 1 rings (SSSR count). The summed E-state index contributed by atoms with van der Waals surface area (Å²) in [7, 11) is 0. The summed E-state index contributed by atoms with van der Waals surface area (Å²) in [6.45, 7) is 0. The van der Waals surface area contributed by atoms with Crippen LogP contribution in [0.25, 0.3) is 0 Å². The van der Waals surface area contributed by atoms with Crippen molar-refractivity contribution in [2.45, 2.75) is 0 Å². The zero-order valence-corrected chi connectivity index (χ0v) is 5.64. The van der Waals surface area contributed by atoms with Crippen LogP contribution in [0.5, 0.6) is 0 Å². The van der Waals surface area contributed by atoms with E-state index in [1.807, 2.05) is 0 Å². The van der Waals surface area contributed by atoms with Gasteiger partial charge in [-0.3, -0.25) is 0 Å². The third-order valence-electron chi connectivity index (χ3n) is 0.581. The number of hydrogen-bond acceptors (Lipinski definition) is 4. The van der Waals surface area contributed by atoms with Gasteiger partial charge in [-0.15, -0.1) is 0 Å². The van der Waals surface area contributed by atoms with Gasteiger partial charge in [0.2, 0.25) is 0 Å². The van der Waals surface area contributed by atoms with Crippen molar-refractivity contribution in [3.8, 4) is 0 Å². The Morgan fingerprint density at radius 2 is 2.09 bits per heavy atom. The van der Waals surface area contributed by atoms with E-state index in [0.29, 0.717) is 0 Å². The van der Waals surface area contributed by atoms with Crippen LogP contribution in [-0.2, 0) is 0 Å². The molecule has 0 bridgehead atoms. The minimum absolute atomic E-state index is 0. The minimum atomic E-state index is -0.303. The summed E-state index contributed by atoms with van der Waals surface area (Å²) in [6, 6.07) is 1.65. The maximum atomic E-state index is 10.1. The summed E-state index contributed by atoms with van der Waals surface area (Å²) in [6.07, 6.45) is 2.98. The maximum absolute atomic E-state index is 10.1. The second-order valence-electron chi connectivity index (χ2n) is 1.20. The fraction of sp³-hybridized carbons (Fsp3) is 0. The van der Waals surface area contributed by atoms with E-state index in [4.69, 9.17) is 10.0 Å². The molecule has 0 aromatic carbocycles. The molecule has 0 aliphatic rings. The number of rotatable bonds is 0. The molecule has 0 aliphatic carbocycles. The van der Waals surface area contributed by atoms with Gasteiger partial charge in [0, 0.05) is 20.8 Å². The quantitative estimate of drug-likeness (QED) is 0.371. The smallest absolute Gasteiger partial charge is 0.429 e. The van der Waals surface area contributed by atoms with Crippen LogP contribution in [-0.4, -0.2) is 36.1 Å². The van der Waals surface area contributed by atoms with E-state index in [1.165, 1.54) is 12.4 Å². The maximum Gasteiger partial charge on any atom is 0.482 e. The van der Waals surface area contributed by atoms with Crippen LogP contribution in [0.1, 0.15) is 0 Å². The van der Waals surface area contributed by atoms with E-state index in [1.54, 1.807) is 6.07 Å². The number of aromatic nitrogens is 2. The van der Waals surface area contributed by atoms with Crippen molar-refractivity contribution in [2.24, 2.45) is 0 Å². The van der Waals surface area contributed by atoms with E-state index in [-0.39, 0.29) is 21.8 Å². The molecule has 1 heterocycles. The van der Waals surface area contributed by atoms with Crippen molar-refractivity contribution in [3.63, 3.8) is 0 Å². The van der Waals surface area contributed by atoms with Crippen LogP contribution in [0.3, 0.4) is 0 Å². The second-order valence-corrected chi connectivity index (χ2v) is 1.20. The van der Waals surface area contributed by atoms with E-state index in [0.717, 1.165) is 0 Å². The van der Waals surface area contributed by atoms with Gasteiger partial charge >= 0.3 is 13.4 Å². The minimum Gasteiger partial charge on any atom is -0.429 e. The van der Waals surface area contributed by atoms with Crippen LogP contribution in [0.15, 0.2) is 23.3 Å². The third-order valence-corrected chi connectivity index (χ3v) is 0.581. The molecular formula is C4H6B2N2O3. The lowest BCUT2D eigenvalue weighted by Gasteiger charge is -1.72. The van der Waals surface area contributed by atoms with Crippen molar-refractivity contribution >= 4 is 16.1 Å². The van der Waals surface area contributed by atoms with Crippen molar-refractivity contribution in [1.29, 1.82) is 0 Å². The molecule has 0 aliphatic heterocycles. The molecule has 56 valence electrons. The van der Waals surface area contributed by atoms with Crippen molar-refractivity contribution < 1.29 is 10.0 Å². The van der Waals surface area contributed by atoms with E-state index >= 15 is 0 Å². The highest BCUT2D eigenvalue weighted by Gasteiger charge is 1.70. The molecular weight excluding hydrogens is 146 g/mol. The first-order chi connectivity index (χ1) is 4.81. The molecule has 0 unspecified atom stereocenters. The molecule has 11 heavy (non-hydrogen) atoms. The monoisotopic (exact) mass is 152 g/mol. The average Bonchev–Trinajstić information content (AvgIpc) is 1.91. The molecule has 7 heteroatoms. The fourth-order valence-electron chi connectivity index (χ4n) is 0.310. The topological polar surface area (TPSA) is 86.2 Å². The summed E-state index contributed by atoms with van der Waals surface area (Å²) < 4.78 is 0. The number of nitrogens with one attached hydrogen (secondary N) is 1. The molecule has 0 amide bonds. The summed E-state index contributed by atoms with van der Waals surface area (Å²) in [5.74, 6) is 0. The number of nitrogens with zero attached hydrogens (tertiary/aromatic N) is 1. The predicted octanol–water partition coefficient (Wildman–Crippen LogP) is -2.11. The summed E-state index contributed by atoms with van der Waals surface area (Å²) in [5, 5.41) is 14.0. The Bertz CT molecular complexity index is 199. The number of H-pyrrole nitrogens is 1. The van der Waals surface area contributed by atoms with Crippen LogP contribution < -0.4 is 5.69 Å². The number of aromatic amines is 1. The van der Waals surface area contributed by atoms with Gasteiger partial charge in [-0.25, -0.2) is 9.78 Å². The zero-order valence-electron chi connectivity index (χ0n) is 5.64. The van der Waals surface area contributed by atoms with Gasteiger partial charge in [0.15, 0.2) is 0 Å². The molecule has 0 fully saturated rings. The molecule has 0 spiro atoms. The largest absolute Gasteiger partial charge is 0.482 e. The molecule has 4 radical (unpaired) electrons. The average molecular weight is 152 g/mol. The molecule has 5 nitrogen and oxygen atoms in total. The van der Waals surface area contributed by atoms with Crippen molar-refractivity contribution in [2.75, 3.05) is 0 Å². The summed E-state index contributed by atoms with van der Waals surface area (Å²) >= 11 is 0. The number of hydrogen-bond donors (Lipinski definition) is 3. The Hall–Kier alpha value is -1.07. The summed E-state index contributed by atoms with van der Waals surface area (Å²) in [4.78, 5) is 15.8. The molecule has 0 saturated heterocycles. The van der Waals surface area contributed by atoms with Gasteiger partial charge in [0.1, 0.15) is 0 Å². The zero-order chi connectivity index (χ0) is 7.82. The van der Waals surface area contributed by atoms with Gasteiger partial charge in [-0.1, -0.05) is 0 Å². The van der Waals surface area contributed by atoms with Crippen LogP contribution in [0, 0.1) is 0 Å². The normalized spacial score (nSPS) is 6.73. The van der Waals surface area contributed by atoms with E-state index in [2.05, 4.69) is 9.97 Å². The highest BCUT2D eigenvalue weighted by atomic mass is 16.4. The van der Waals surface area contributed by atoms with Crippen LogP contribution in [0.4, 0.5) is 0 Å². The second kappa shape index (κ2) is 8.93. The van der Waals surface area contributed by atoms with Gasteiger partial charge in [0.25, 0.3) is 0 Å². The third kappa shape index (κ3) is 8.93. The standard InChI is InChI=1S/C4H4N2O.BH2O2.B/c7-4-5-2-1-3-6-4;2-1-3;/h1-3H,(H,5,6,7);2-3H;. The lowest BCUT2D eigenvalue weighted by Crippen LogP contribution is -2.05. The Balaban J connectivity index is 0. The van der Waals surface area contributed by atoms with Crippen LogP contribution >= 0.6 is 0 Å². The Morgan fingerprint density at radius 3 is 2.27 bits per heavy atom. The molecule has 0 saturated carbocycles. The molecule has 3 N–H and O–H groups in total. The molecule has 0 atom stereocenters. The van der Waals surface area contributed by atoms with Crippen molar-refractivity contribution in [3.05, 3.63) is 28.9 Å². The lowest BCUT2D eigenvalue weighted by molar-refractivity contribution is 0.448. The predicted molar refractivity (Wildman–Crippen MR) is 40.8 cm³/mol. The Labute approximate surface area is 66.0 Å². The van der Waals surface area contributed by atoms with Crippen molar-refractivity contribution in [1.82, 2.24) is 9.97 Å². The van der Waals surface area contributed by atoms with Gasteiger partial charge < -0.3 is 15.0 Å². The lowest BCUT2D eigenvalue weighted by atomic mass is 10.5. The highest BCUT2D eigenvalue weighted by Crippen LogP contribution is 1.61. The van der Waals surface area contributed by atoms with Gasteiger partial charge in [0.05, 0.1) is 0 Å².